The molecule has 0 N–H and O–H groups in total. The molecule has 13 heavy (non-hydrogen) atoms. The summed E-state index contributed by atoms with van der Waals surface area (Å²) >= 11 is 0. The van der Waals surface area contributed by atoms with E-state index in [1.165, 1.54) is 0 Å². The van der Waals surface area contributed by atoms with E-state index < -0.39 is 0 Å². The summed E-state index contributed by atoms with van der Waals surface area (Å²) in [5.74, 6) is 3.05. The van der Waals surface area contributed by atoms with Gasteiger partial charge in [0, 0.05) is 0 Å². The quantitative estimate of drug-likeness (QED) is 0.636. The number of hydrogen-bond acceptors (Lipinski definition) is 2. The van der Waals surface area contributed by atoms with Gasteiger partial charge in [0.15, 0.2) is 0 Å². The number of benzene rings is 1. The van der Waals surface area contributed by atoms with Crippen molar-refractivity contribution >= 4 is 0 Å². The Kier molecular flexibility index (Phi) is 2.95. The minimum absolute atomic E-state index is 0.232. The minimum Gasteiger partial charge on any atom is -0.481 e. The van der Waals surface area contributed by atoms with Crippen molar-refractivity contribution in [1.29, 1.82) is 5.26 Å². The van der Waals surface area contributed by atoms with Crippen LogP contribution in [0.1, 0.15) is 11.1 Å². The third-order valence-corrected chi connectivity index (χ3v) is 1.63. The summed E-state index contributed by atoms with van der Waals surface area (Å²) in [4.78, 5) is 0. The lowest BCUT2D eigenvalue weighted by atomic mass is 10.1. The third-order valence-electron chi connectivity index (χ3n) is 1.63. The molecule has 0 heterocycles. The molecule has 0 aliphatic rings. The van der Waals surface area contributed by atoms with E-state index in [1.807, 2.05) is 19.1 Å². The second-order valence-corrected chi connectivity index (χ2v) is 2.58. The first kappa shape index (κ1) is 9.16. The first-order valence-electron chi connectivity index (χ1n) is 3.85. The number of terminal acetylenes is 1. The molecule has 0 radical (unpaired) electrons. The highest BCUT2D eigenvalue weighted by atomic mass is 16.5. The van der Waals surface area contributed by atoms with Gasteiger partial charge in [0.2, 0.25) is 0 Å². The molecule has 1 aromatic rings. The summed E-state index contributed by atoms with van der Waals surface area (Å²) in [5.41, 5.74) is 1.56. The van der Waals surface area contributed by atoms with E-state index in [1.54, 1.807) is 12.1 Å². The second kappa shape index (κ2) is 4.18. The van der Waals surface area contributed by atoms with Gasteiger partial charge < -0.3 is 4.74 Å². The summed E-state index contributed by atoms with van der Waals surface area (Å²) in [7, 11) is 0. The predicted molar refractivity (Wildman–Crippen MR) is 50.2 cm³/mol. The van der Waals surface area contributed by atoms with Crippen LogP contribution in [0, 0.1) is 30.6 Å². The van der Waals surface area contributed by atoms with Crippen LogP contribution in [0.25, 0.3) is 0 Å². The Labute approximate surface area is 77.8 Å². The van der Waals surface area contributed by atoms with Gasteiger partial charge in [-0.15, -0.1) is 6.42 Å². The molecule has 0 spiro atoms. The van der Waals surface area contributed by atoms with Crippen LogP contribution < -0.4 is 4.74 Å². The molecule has 1 rings (SSSR count). The lowest BCUT2D eigenvalue weighted by Gasteiger charge is -2.05. The van der Waals surface area contributed by atoms with Gasteiger partial charge in [0.1, 0.15) is 12.4 Å². The van der Waals surface area contributed by atoms with Crippen molar-refractivity contribution in [3.05, 3.63) is 29.3 Å². The average Bonchev–Trinajstić information content (AvgIpc) is 2.17. The number of nitrogens with zero attached hydrogens (tertiary/aromatic N) is 1. The van der Waals surface area contributed by atoms with Crippen LogP contribution in [-0.2, 0) is 0 Å². The fourth-order valence-corrected chi connectivity index (χ4v) is 0.945. The third kappa shape index (κ3) is 2.25. The molecule has 0 saturated heterocycles. The molecule has 0 unspecified atom stereocenters. The SMILES string of the molecule is C#CCOc1cc(C#N)ccc1C. The number of aryl methyl sites for hydroxylation is 1. The molecule has 0 aromatic heterocycles. The van der Waals surface area contributed by atoms with Crippen molar-refractivity contribution in [3.8, 4) is 24.2 Å². The smallest absolute Gasteiger partial charge is 0.148 e. The van der Waals surface area contributed by atoms with Crippen molar-refractivity contribution in [3.63, 3.8) is 0 Å². The Hall–Kier alpha value is -1.93. The Morgan fingerprint density at radius 3 is 2.92 bits per heavy atom. The number of nitriles is 1. The van der Waals surface area contributed by atoms with Gasteiger partial charge >= 0.3 is 0 Å². The van der Waals surface area contributed by atoms with Crippen LogP contribution >= 0.6 is 0 Å². The largest absolute Gasteiger partial charge is 0.481 e. The zero-order valence-electron chi connectivity index (χ0n) is 7.37. The van der Waals surface area contributed by atoms with Crippen LogP contribution in [-0.4, -0.2) is 6.61 Å². The summed E-state index contributed by atoms with van der Waals surface area (Å²) in [6.45, 7) is 2.14. The molecule has 2 heteroatoms. The lowest BCUT2D eigenvalue weighted by molar-refractivity contribution is 0.367. The Morgan fingerprint density at radius 1 is 1.54 bits per heavy atom. The zero-order chi connectivity index (χ0) is 9.68. The zero-order valence-corrected chi connectivity index (χ0v) is 7.37. The van der Waals surface area contributed by atoms with Crippen molar-refractivity contribution in [2.45, 2.75) is 6.92 Å². The standard InChI is InChI=1S/C11H9NO/c1-3-6-13-11-7-10(8-12)5-4-9(11)2/h1,4-5,7H,6H2,2H3. The van der Waals surface area contributed by atoms with Crippen molar-refractivity contribution < 1.29 is 4.74 Å². The van der Waals surface area contributed by atoms with E-state index in [0.29, 0.717) is 11.3 Å². The monoisotopic (exact) mass is 171 g/mol. The molecular weight excluding hydrogens is 162 g/mol. The van der Waals surface area contributed by atoms with Crippen molar-refractivity contribution in [1.82, 2.24) is 0 Å². The summed E-state index contributed by atoms with van der Waals surface area (Å²) < 4.78 is 5.24. The van der Waals surface area contributed by atoms with Gasteiger partial charge in [-0.05, 0) is 24.6 Å². The number of hydrogen-bond donors (Lipinski definition) is 0. The normalized spacial score (nSPS) is 8.54. The molecule has 0 atom stereocenters. The molecule has 1 aromatic carbocycles. The topological polar surface area (TPSA) is 33.0 Å². The highest BCUT2D eigenvalue weighted by Gasteiger charge is 1.99. The molecule has 64 valence electrons. The maximum atomic E-state index is 8.63. The van der Waals surface area contributed by atoms with Crippen LogP contribution in [0.5, 0.6) is 5.75 Å². The van der Waals surface area contributed by atoms with Gasteiger partial charge in [-0.25, -0.2) is 0 Å². The summed E-state index contributed by atoms with van der Waals surface area (Å²) in [6.07, 6.45) is 5.06. The molecule has 0 saturated carbocycles. The van der Waals surface area contributed by atoms with Gasteiger partial charge in [0.05, 0.1) is 11.6 Å². The molecule has 0 bridgehead atoms. The summed E-state index contributed by atoms with van der Waals surface area (Å²) in [5, 5.41) is 8.63. The maximum absolute atomic E-state index is 8.63. The van der Waals surface area contributed by atoms with E-state index in [2.05, 4.69) is 5.92 Å². The number of ether oxygens (including phenoxy) is 1. The second-order valence-electron chi connectivity index (χ2n) is 2.58. The molecular formula is C11H9NO. The van der Waals surface area contributed by atoms with Crippen LogP contribution in [0.2, 0.25) is 0 Å². The first-order valence-corrected chi connectivity index (χ1v) is 3.85. The highest BCUT2D eigenvalue weighted by Crippen LogP contribution is 2.18. The van der Waals surface area contributed by atoms with Gasteiger partial charge in [-0.2, -0.15) is 5.26 Å². The van der Waals surface area contributed by atoms with Crippen LogP contribution in [0.15, 0.2) is 18.2 Å². The molecule has 2 nitrogen and oxygen atoms in total. The van der Waals surface area contributed by atoms with E-state index in [9.17, 15) is 0 Å². The molecule has 0 aliphatic carbocycles. The first-order chi connectivity index (χ1) is 6.27. The van der Waals surface area contributed by atoms with Gasteiger partial charge in [-0.1, -0.05) is 12.0 Å². The van der Waals surface area contributed by atoms with Crippen LogP contribution in [0.3, 0.4) is 0 Å². The highest BCUT2D eigenvalue weighted by molar-refractivity contribution is 5.41. The maximum Gasteiger partial charge on any atom is 0.148 e. The van der Waals surface area contributed by atoms with E-state index >= 15 is 0 Å². The van der Waals surface area contributed by atoms with Crippen LogP contribution in [0.4, 0.5) is 0 Å². The average molecular weight is 171 g/mol. The fraction of sp³-hybridized carbons (Fsp3) is 0.182. The van der Waals surface area contributed by atoms with Crippen molar-refractivity contribution in [2.24, 2.45) is 0 Å². The van der Waals surface area contributed by atoms with Gasteiger partial charge in [-0.3, -0.25) is 0 Å². The van der Waals surface area contributed by atoms with E-state index in [0.717, 1.165) is 5.56 Å². The Balaban J connectivity index is 2.93. The summed E-state index contributed by atoms with van der Waals surface area (Å²) in [6, 6.07) is 7.31. The van der Waals surface area contributed by atoms with Crippen molar-refractivity contribution in [2.75, 3.05) is 6.61 Å². The Bertz CT molecular complexity index is 382. The molecule has 0 fully saturated rings. The predicted octanol–water partition coefficient (Wildman–Crippen LogP) is 1.88. The Morgan fingerprint density at radius 2 is 2.31 bits per heavy atom. The molecule has 0 amide bonds. The van der Waals surface area contributed by atoms with E-state index in [4.69, 9.17) is 16.4 Å². The van der Waals surface area contributed by atoms with Gasteiger partial charge in [0.25, 0.3) is 0 Å². The lowest BCUT2D eigenvalue weighted by Crippen LogP contribution is -1.95. The fourth-order valence-electron chi connectivity index (χ4n) is 0.945. The van der Waals surface area contributed by atoms with E-state index in [-0.39, 0.29) is 6.61 Å². The minimum atomic E-state index is 0.232. The molecule has 0 aliphatic heterocycles. The number of rotatable bonds is 2.